The molecule has 1 aromatic heterocycles. The molecule has 0 radical (unpaired) electrons. The summed E-state index contributed by atoms with van der Waals surface area (Å²) in [5.74, 6) is -0.379. The summed E-state index contributed by atoms with van der Waals surface area (Å²) in [6, 6.07) is 9.45. The van der Waals surface area contributed by atoms with Crippen LogP contribution in [0.3, 0.4) is 0 Å². The Bertz CT molecular complexity index is 885. The Morgan fingerprint density at radius 3 is 2.69 bits per heavy atom. The number of nitrogens with zero attached hydrogens (tertiary/aromatic N) is 2. The normalized spacial score (nSPS) is 16.8. The summed E-state index contributed by atoms with van der Waals surface area (Å²) in [5, 5.41) is 2.53. The average molecular weight is 407 g/mol. The number of halogens is 3. The first kappa shape index (κ1) is 20.6. The minimum atomic E-state index is -4.54. The molecule has 0 spiro atoms. The van der Waals surface area contributed by atoms with Crippen molar-refractivity contribution in [3.8, 4) is 5.75 Å². The van der Waals surface area contributed by atoms with Gasteiger partial charge in [-0.3, -0.25) is 9.59 Å². The Labute approximate surface area is 165 Å². The Balaban J connectivity index is 1.56. The van der Waals surface area contributed by atoms with E-state index in [9.17, 15) is 22.8 Å². The lowest BCUT2D eigenvalue weighted by molar-refractivity contribution is -0.141. The van der Waals surface area contributed by atoms with E-state index in [0.29, 0.717) is 13.0 Å². The van der Waals surface area contributed by atoms with E-state index in [4.69, 9.17) is 4.74 Å². The van der Waals surface area contributed by atoms with Gasteiger partial charge in [-0.25, -0.2) is 4.98 Å². The zero-order valence-corrected chi connectivity index (χ0v) is 15.7. The fourth-order valence-corrected chi connectivity index (χ4v) is 3.21. The second-order valence-corrected chi connectivity index (χ2v) is 6.72. The van der Waals surface area contributed by atoms with Crippen LogP contribution in [-0.4, -0.2) is 41.9 Å². The molecule has 1 aliphatic rings. The molecule has 2 amide bonds. The van der Waals surface area contributed by atoms with Gasteiger partial charge in [0.2, 0.25) is 11.8 Å². The number of pyridine rings is 1. The van der Waals surface area contributed by atoms with E-state index in [2.05, 4.69) is 10.3 Å². The summed E-state index contributed by atoms with van der Waals surface area (Å²) in [6.07, 6.45) is -2.93. The highest BCUT2D eigenvalue weighted by atomic mass is 19.4. The molecule has 9 heteroatoms. The molecule has 1 N–H and O–H groups in total. The van der Waals surface area contributed by atoms with E-state index >= 15 is 0 Å². The standard InChI is InChI=1S/C20H20F3N3O3/c1-29-16-5-3-2-4-13(16)8-9-26-12-14(10-18(26)27)19(28)25-15-6-7-17(24-11-15)20(21,22)23/h2-7,11,14H,8-10,12H2,1H3,(H,25,28). The highest BCUT2D eigenvalue weighted by Crippen LogP contribution is 2.28. The first-order chi connectivity index (χ1) is 13.8. The molecule has 0 saturated carbocycles. The Morgan fingerprint density at radius 2 is 2.03 bits per heavy atom. The van der Waals surface area contributed by atoms with Crippen molar-refractivity contribution >= 4 is 17.5 Å². The number of hydrogen-bond acceptors (Lipinski definition) is 4. The van der Waals surface area contributed by atoms with Crippen molar-refractivity contribution in [2.45, 2.75) is 19.0 Å². The van der Waals surface area contributed by atoms with Crippen LogP contribution < -0.4 is 10.1 Å². The summed E-state index contributed by atoms with van der Waals surface area (Å²) >= 11 is 0. The molecular weight excluding hydrogens is 387 g/mol. The number of likely N-dealkylation sites (tertiary alicyclic amines) is 1. The molecule has 1 saturated heterocycles. The van der Waals surface area contributed by atoms with Crippen molar-refractivity contribution in [1.29, 1.82) is 0 Å². The van der Waals surface area contributed by atoms with Crippen LogP contribution in [0.1, 0.15) is 17.7 Å². The third-order valence-electron chi connectivity index (χ3n) is 4.75. The summed E-state index contributed by atoms with van der Waals surface area (Å²) in [5.41, 5.74) is 0.0866. The molecule has 29 heavy (non-hydrogen) atoms. The molecule has 1 atom stereocenters. The average Bonchev–Trinajstić information content (AvgIpc) is 3.07. The predicted molar refractivity (Wildman–Crippen MR) is 99.3 cm³/mol. The Morgan fingerprint density at radius 1 is 1.28 bits per heavy atom. The van der Waals surface area contributed by atoms with Gasteiger partial charge in [-0.15, -0.1) is 0 Å². The molecule has 1 unspecified atom stereocenters. The smallest absolute Gasteiger partial charge is 0.433 e. The van der Waals surface area contributed by atoms with E-state index in [1.165, 1.54) is 0 Å². The van der Waals surface area contributed by atoms with Crippen molar-refractivity contribution in [3.05, 3.63) is 53.9 Å². The second kappa shape index (κ2) is 8.50. The lowest BCUT2D eigenvalue weighted by Crippen LogP contribution is -2.30. The van der Waals surface area contributed by atoms with E-state index in [1.54, 1.807) is 12.0 Å². The number of methoxy groups -OCH3 is 1. The van der Waals surface area contributed by atoms with Crippen molar-refractivity contribution in [1.82, 2.24) is 9.88 Å². The molecule has 2 aromatic rings. The molecule has 1 fully saturated rings. The Kier molecular flexibility index (Phi) is 6.05. The number of ether oxygens (including phenoxy) is 1. The quantitative estimate of drug-likeness (QED) is 0.799. The van der Waals surface area contributed by atoms with Crippen molar-refractivity contribution in [3.63, 3.8) is 0 Å². The van der Waals surface area contributed by atoms with Crippen LogP contribution in [0.15, 0.2) is 42.6 Å². The lowest BCUT2D eigenvalue weighted by atomic mass is 10.1. The van der Waals surface area contributed by atoms with Crippen molar-refractivity contribution < 1.29 is 27.5 Å². The van der Waals surface area contributed by atoms with Crippen LogP contribution in [0.4, 0.5) is 18.9 Å². The number of carbonyl (C=O) groups excluding carboxylic acids is 2. The molecule has 1 aromatic carbocycles. The second-order valence-electron chi connectivity index (χ2n) is 6.72. The predicted octanol–water partition coefficient (Wildman–Crippen LogP) is 3.14. The summed E-state index contributed by atoms with van der Waals surface area (Å²) in [4.78, 5) is 29.6. The molecule has 6 nitrogen and oxygen atoms in total. The van der Waals surface area contributed by atoms with Crippen molar-refractivity contribution in [2.75, 3.05) is 25.5 Å². The third-order valence-corrected chi connectivity index (χ3v) is 4.75. The maximum absolute atomic E-state index is 12.6. The van der Waals surface area contributed by atoms with Crippen LogP contribution in [0.2, 0.25) is 0 Å². The fourth-order valence-electron chi connectivity index (χ4n) is 3.21. The summed E-state index contributed by atoms with van der Waals surface area (Å²) in [7, 11) is 1.58. The van der Waals surface area contributed by atoms with Gasteiger partial charge in [-0.05, 0) is 30.2 Å². The minimum absolute atomic E-state index is 0.0613. The van der Waals surface area contributed by atoms with Gasteiger partial charge in [0, 0.05) is 19.5 Å². The maximum atomic E-state index is 12.6. The molecule has 154 valence electrons. The molecular formula is C20H20F3N3O3. The lowest BCUT2D eigenvalue weighted by Gasteiger charge is -2.17. The van der Waals surface area contributed by atoms with Gasteiger partial charge in [0.05, 0.1) is 24.9 Å². The van der Waals surface area contributed by atoms with E-state index in [1.807, 2.05) is 24.3 Å². The van der Waals surface area contributed by atoms with Crippen LogP contribution in [0.25, 0.3) is 0 Å². The zero-order chi connectivity index (χ0) is 21.0. The number of carbonyl (C=O) groups is 2. The number of nitrogens with one attached hydrogen (secondary N) is 1. The first-order valence-corrected chi connectivity index (χ1v) is 9.01. The number of amides is 2. The van der Waals surface area contributed by atoms with Crippen LogP contribution >= 0.6 is 0 Å². The summed E-state index contributed by atoms with van der Waals surface area (Å²) in [6.45, 7) is 0.707. The van der Waals surface area contributed by atoms with Gasteiger partial charge >= 0.3 is 6.18 Å². The van der Waals surface area contributed by atoms with Gasteiger partial charge in [0.1, 0.15) is 11.4 Å². The molecule has 1 aliphatic heterocycles. The molecule has 2 heterocycles. The number of hydrogen-bond donors (Lipinski definition) is 1. The minimum Gasteiger partial charge on any atom is -0.496 e. The number of anilines is 1. The molecule has 0 bridgehead atoms. The third kappa shape index (κ3) is 5.04. The zero-order valence-electron chi connectivity index (χ0n) is 15.7. The number of para-hydroxylation sites is 1. The van der Waals surface area contributed by atoms with Gasteiger partial charge in [0.25, 0.3) is 0 Å². The topological polar surface area (TPSA) is 71.5 Å². The monoisotopic (exact) mass is 407 g/mol. The van der Waals surface area contributed by atoms with Crippen LogP contribution in [0, 0.1) is 5.92 Å². The molecule has 0 aliphatic carbocycles. The summed E-state index contributed by atoms with van der Waals surface area (Å²) < 4.78 is 43.0. The highest BCUT2D eigenvalue weighted by molar-refractivity contribution is 5.97. The number of aromatic nitrogens is 1. The van der Waals surface area contributed by atoms with Gasteiger partial charge in [-0.2, -0.15) is 13.2 Å². The Hall–Kier alpha value is -3.10. The van der Waals surface area contributed by atoms with Crippen molar-refractivity contribution in [2.24, 2.45) is 5.92 Å². The van der Waals surface area contributed by atoms with Gasteiger partial charge < -0.3 is 15.0 Å². The van der Waals surface area contributed by atoms with E-state index < -0.39 is 23.7 Å². The number of alkyl halides is 3. The van der Waals surface area contributed by atoms with Crippen LogP contribution in [-0.2, 0) is 22.2 Å². The van der Waals surface area contributed by atoms with Crippen LogP contribution in [0.5, 0.6) is 5.75 Å². The van der Waals surface area contributed by atoms with Gasteiger partial charge in [-0.1, -0.05) is 18.2 Å². The van der Waals surface area contributed by atoms with E-state index in [0.717, 1.165) is 29.6 Å². The van der Waals surface area contributed by atoms with Gasteiger partial charge in [0.15, 0.2) is 0 Å². The molecule has 3 rings (SSSR count). The fraction of sp³-hybridized carbons (Fsp3) is 0.350. The largest absolute Gasteiger partial charge is 0.496 e. The number of rotatable bonds is 6. The SMILES string of the molecule is COc1ccccc1CCN1CC(C(=O)Nc2ccc(C(F)(F)F)nc2)CC1=O. The first-order valence-electron chi connectivity index (χ1n) is 9.01. The van der Waals surface area contributed by atoms with E-state index in [-0.39, 0.29) is 24.6 Å². The number of benzene rings is 1. The highest BCUT2D eigenvalue weighted by Gasteiger charge is 2.35. The maximum Gasteiger partial charge on any atom is 0.433 e.